The van der Waals surface area contributed by atoms with E-state index in [4.69, 9.17) is 9.47 Å². The number of anilines is 1. The Morgan fingerprint density at radius 1 is 1.21 bits per heavy atom. The first kappa shape index (κ1) is 26.4. The number of ether oxygens (including phenoxy) is 2. The van der Waals surface area contributed by atoms with Crippen LogP contribution >= 0.6 is 0 Å². The quantitative estimate of drug-likeness (QED) is 0.423. The zero-order valence-corrected chi connectivity index (χ0v) is 21.0. The van der Waals surface area contributed by atoms with Crippen molar-refractivity contribution in [3.63, 3.8) is 0 Å². The molecule has 1 heterocycles. The Morgan fingerprint density at radius 2 is 1.88 bits per heavy atom. The van der Waals surface area contributed by atoms with Crippen molar-refractivity contribution in [2.45, 2.75) is 96.8 Å². The molecule has 1 fully saturated rings. The van der Waals surface area contributed by atoms with Crippen LogP contribution in [0, 0.1) is 0 Å². The van der Waals surface area contributed by atoms with Crippen LogP contribution in [-0.4, -0.2) is 54.7 Å². The van der Waals surface area contributed by atoms with Gasteiger partial charge < -0.3 is 19.3 Å². The van der Waals surface area contributed by atoms with E-state index in [0.717, 1.165) is 38.5 Å². The lowest BCUT2D eigenvalue weighted by atomic mass is 9.92. The van der Waals surface area contributed by atoms with Crippen molar-refractivity contribution in [3.05, 3.63) is 23.3 Å². The SMILES string of the molecule is COCCCCN1C(=O)C(C)(C)Oc2cc(C(F)F)c(C(=O)N(C(C)C)C3CCCCC3)cc21. The standard InChI is InChI=1S/C26H38F2N2O4/c1-17(2)30(18-11-7-6-8-12-18)24(31)20-15-21-22(16-19(20)23(27)28)34-26(3,4)25(32)29(21)13-9-10-14-33-5/h15-18,23H,6-14H2,1-5H3. The van der Waals surface area contributed by atoms with Crippen molar-refractivity contribution >= 4 is 17.5 Å². The van der Waals surface area contributed by atoms with E-state index in [1.807, 2.05) is 13.8 Å². The number of hydrogen-bond donors (Lipinski definition) is 0. The average molecular weight is 481 g/mol. The van der Waals surface area contributed by atoms with Gasteiger partial charge in [0.05, 0.1) is 11.3 Å². The van der Waals surface area contributed by atoms with E-state index in [-0.39, 0.29) is 34.9 Å². The largest absolute Gasteiger partial charge is 0.476 e. The highest BCUT2D eigenvalue weighted by molar-refractivity contribution is 6.05. The van der Waals surface area contributed by atoms with Gasteiger partial charge in [-0.25, -0.2) is 8.78 Å². The maximum absolute atomic E-state index is 14.2. The molecule has 34 heavy (non-hydrogen) atoms. The molecule has 2 aliphatic rings. The minimum atomic E-state index is -2.84. The summed E-state index contributed by atoms with van der Waals surface area (Å²) in [5, 5.41) is 0. The van der Waals surface area contributed by atoms with E-state index in [2.05, 4.69) is 0 Å². The van der Waals surface area contributed by atoms with Gasteiger partial charge in [-0.1, -0.05) is 19.3 Å². The average Bonchev–Trinajstić information content (AvgIpc) is 2.78. The third-order valence-corrected chi connectivity index (χ3v) is 6.75. The molecule has 8 heteroatoms. The maximum atomic E-state index is 14.2. The number of unbranched alkanes of at least 4 members (excludes halogenated alkanes) is 1. The topological polar surface area (TPSA) is 59.1 Å². The lowest BCUT2D eigenvalue weighted by Gasteiger charge is -2.40. The number of rotatable bonds is 9. The Bertz CT molecular complexity index is 882. The first-order valence-corrected chi connectivity index (χ1v) is 12.4. The predicted octanol–water partition coefficient (Wildman–Crippen LogP) is 5.74. The van der Waals surface area contributed by atoms with Crippen molar-refractivity contribution in [1.82, 2.24) is 4.90 Å². The van der Waals surface area contributed by atoms with Crippen LogP contribution in [0.4, 0.5) is 14.5 Å². The van der Waals surface area contributed by atoms with Crippen LogP contribution in [0.25, 0.3) is 0 Å². The number of carbonyl (C=O) groups excluding carboxylic acids is 2. The van der Waals surface area contributed by atoms with E-state index in [9.17, 15) is 18.4 Å². The molecule has 0 radical (unpaired) electrons. The van der Waals surface area contributed by atoms with Gasteiger partial charge in [0.25, 0.3) is 18.2 Å². The number of benzene rings is 1. The molecule has 0 unspecified atom stereocenters. The third-order valence-electron chi connectivity index (χ3n) is 6.75. The van der Waals surface area contributed by atoms with Crippen LogP contribution in [0.2, 0.25) is 0 Å². The summed E-state index contributed by atoms with van der Waals surface area (Å²) >= 11 is 0. The second-order valence-corrected chi connectivity index (χ2v) is 10.1. The molecule has 1 saturated carbocycles. The first-order valence-electron chi connectivity index (χ1n) is 12.4. The summed E-state index contributed by atoms with van der Waals surface area (Å²) in [5.74, 6) is -0.456. The number of amides is 2. The van der Waals surface area contributed by atoms with Crippen molar-refractivity contribution in [2.75, 3.05) is 25.2 Å². The van der Waals surface area contributed by atoms with Gasteiger partial charge in [0.1, 0.15) is 5.75 Å². The minimum Gasteiger partial charge on any atom is -0.476 e. The molecule has 2 amide bonds. The summed E-state index contributed by atoms with van der Waals surface area (Å²) in [5.41, 5.74) is -1.21. The van der Waals surface area contributed by atoms with Gasteiger partial charge >= 0.3 is 0 Å². The number of alkyl halides is 2. The third kappa shape index (κ3) is 5.53. The van der Waals surface area contributed by atoms with Gasteiger partial charge in [-0.2, -0.15) is 0 Å². The molecule has 0 atom stereocenters. The summed E-state index contributed by atoms with van der Waals surface area (Å²) < 4.78 is 39.4. The smallest absolute Gasteiger partial charge is 0.270 e. The molecule has 1 aromatic rings. The number of methoxy groups -OCH3 is 1. The fourth-order valence-corrected chi connectivity index (χ4v) is 5.05. The summed E-state index contributed by atoms with van der Waals surface area (Å²) in [7, 11) is 1.62. The Balaban J connectivity index is 2.05. The first-order chi connectivity index (χ1) is 16.1. The molecule has 0 saturated heterocycles. The van der Waals surface area contributed by atoms with Gasteiger partial charge in [-0.05, 0) is 65.5 Å². The van der Waals surface area contributed by atoms with Crippen LogP contribution < -0.4 is 9.64 Å². The molecule has 190 valence electrons. The molecule has 6 nitrogen and oxygen atoms in total. The Kier molecular flexibility index (Phi) is 8.55. The second-order valence-electron chi connectivity index (χ2n) is 10.1. The predicted molar refractivity (Wildman–Crippen MR) is 128 cm³/mol. The highest BCUT2D eigenvalue weighted by Gasteiger charge is 2.42. The number of nitrogens with zero attached hydrogens (tertiary/aromatic N) is 2. The molecule has 0 N–H and O–H groups in total. The maximum Gasteiger partial charge on any atom is 0.270 e. The van der Waals surface area contributed by atoms with Crippen LogP contribution in [-0.2, 0) is 9.53 Å². The summed E-state index contributed by atoms with van der Waals surface area (Å²) in [4.78, 5) is 30.3. The zero-order valence-electron chi connectivity index (χ0n) is 21.0. The van der Waals surface area contributed by atoms with Crippen LogP contribution in [0.3, 0.4) is 0 Å². The van der Waals surface area contributed by atoms with E-state index in [0.29, 0.717) is 25.3 Å². The van der Waals surface area contributed by atoms with E-state index in [1.54, 1.807) is 30.8 Å². The molecule has 0 aromatic heterocycles. The van der Waals surface area contributed by atoms with Crippen molar-refractivity contribution < 1.29 is 27.8 Å². The van der Waals surface area contributed by atoms with Crippen molar-refractivity contribution in [2.24, 2.45) is 0 Å². The Labute approximate surface area is 201 Å². The van der Waals surface area contributed by atoms with Gasteiger partial charge in [-0.3, -0.25) is 9.59 Å². The zero-order chi connectivity index (χ0) is 25.0. The van der Waals surface area contributed by atoms with Gasteiger partial charge in [0.15, 0.2) is 5.60 Å². The second kappa shape index (κ2) is 11.0. The lowest BCUT2D eigenvalue weighted by Crippen LogP contribution is -2.53. The highest BCUT2D eigenvalue weighted by atomic mass is 19.3. The lowest BCUT2D eigenvalue weighted by molar-refractivity contribution is -0.132. The Morgan fingerprint density at radius 3 is 2.47 bits per heavy atom. The minimum absolute atomic E-state index is 0.0322. The van der Waals surface area contributed by atoms with Gasteiger partial charge in [0.2, 0.25) is 0 Å². The normalized spacial score (nSPS) is 18.3. The molecular weight excluding hydrogens is 442 g/mol. The van der Waals surface area contributed by atoms with Gasteiger partial charge in [-0.15, -0.1) is 0 Å². The molecule has 1 aromatic carbocycles. The monoisotopic (exact) mass is 480 g/mol. The summed E-state index contributed by atoms with van der Waals surface area (Å²) in [6.45, 7) is 8.05. The molecule has 0 spiro atoms. The number of hydrogen-bond acceptors (Lipinski definition) is 4. The summed E-state index contributed by atoms with van der Waals surface area (Å²) in [6, 6.07) is 2.60. The number of carbonyl (C=O) groups is 2. The molecular formula is C26H38F2N2O4. The highest BCUT2D eigenvalue weighted by Crippen LogP contribution is 2.42. The number of halogens is 2. The number of fused-ring (bicyclic) bond motifs is 1. The molecule has 1 aliphatic heterocycles. The fraction of sp³-hybridized carbons (Fsp3) is 0.692. The van der Waals surface area contributed by atoms with Crippen LogP contribution in [0.5, 0.6) is 5.75 Å². The van der Waals surface area contributed by atoms with E-state index < -0.39 is 17.9 Å². The molecule has 0 bridgehead atoms. The van der Waals surface area contributed by atoms with Gasteiger partial charge in [0, 0.05) is 37.9 Å². The summed E-state index contributed by atoms with van der Waals surface area (Å²) in [6.07, 6.45) is 3.52. The molecule has 1 aliphatic carbocycles. The van der Waals surface area contributed by atoms with E-state index in [1.165, 1.54) is 12.1 Å². The Hall–Kier alpha value is -2.22. The van der Waals surface area contributed by atoms with E-state index >= 15 is 0 Å². The van der Waals surface area contributed by atoms with Crippen LogP contribution in [0.1, 0.15) is 95.0 Å². The molecule has 3 rings (SSSR count). The van der Waals surface area contributed by atoms with Crippen molar-refractivity contribution in [3.8, 4) is 5.75 Å². The van der Waals surface area contributed by atoms with Crippen LogP contribution in [0.15, 0.2) is 12.1 Å². The van der Waals surface area contributed by atoms with Crippen molar-refractivity contribution in [1.29, 1.82) is 0 Å². The fourth-order valence-electron chi connectivity index (χ4n) is 5.05.